The highest BCUT2D eigenvalue weighted by atomic mass is 15.1. The zero-order chi connectivity index (χ0) is 11.6. The van der Waals surface area contributed by atoms with Gasteiger partial charge in [-0.15, -0.1) is 0 Å². The Morgan fingerprint density at radius 3 is 2.94 bits per heavy atom. The van der Waals surface area contributed by atoms with Crippen molar-refractivity contribution in [3.8, 4) is 6.07 Å². The summed E-state index contributed by atoms with van der Waals surface area (Å²) in [7, 11) is 0. The minimum Gasteiger partial charge on any atom is -0.316 e. The first kappa shape index (κ1) is 13.5. The molecule has 1 unspecified atom stereocenters. The third-order valence-electron chi connectivity index (χ3n) is 3.22. The van der Waals surface area contributed by atoms with Crippen molar-refractivity contribution < 1.29 is 0 Å². The van der Waals surface area contributed by atoms with Gasteiger partial charge in [0, 0.05) is 13.0 Å². The Balaban J connectivity index is 2.22. The summed E-state index contributed by atoms with van der Waals surface area (Å²) in [5.74, 6) is 0.822. The fourth-order valence-corrected chi connectivity index (χ4v) is 2.44. The van der Waals surface area contributed by atoms with E-state index in [-0.39, 0.29) is 0 Å². The summed E-state index contributed by atoms with van der Waals surface area (Å²) in [5, 5.41) is 12.0. The van der Waals surface area contributed by atoms with Crippen LogP contribution in [0.15, 0.2) is 0 Å². The van der Waals surface area contributed by atoms with Gasteiger partial charge in [0.2, 0.25) is 0 Å². The molecule has 3 nitrogen and oxygen atoms in total. The minimum absolute atomic E-state index is 0.698. The molecule has 0 aliphatic carbocycles. The molecule has 0 amide bonds. The van der Waals surface area contributed by atoms with Gasteiger partial charge in [0.1, 0.15) is 0 Å². The first-order chi connectivity index (χ1) is 7.86. The predicted octanol–water partition coefficient (Wildman–Crippen LogP) is 2.00. The van der Waals surface area contributed by atoms with Crippen LogP contribution in [0.3, 0.4) is 0 Å². The Bertz CT molecular complexity index is 204. The molecule has 0 aromatic carbocycles. The molecular weight excluding hydrogens is 198 g/mol. The van der Waals surface area contributed by atoms with Crippen LogP contribution >= 0.6 is 0 Å². The van der Waals surface area contributed by atoms with Gasteiger partial charge in [-0.2, -0.15) is 5.26 Å². The van der Waals surface area contributed by atoms with Gasteiger partial charge in [-0.25, -0.2) is 0 Å². The third kappa shape index (κ3) is 5.48. The van der Waals surface area contributed by atoms with Crippen LogP contribution in [0.4, 0.5) is 0 Å². The first-order valence-corrected chi connectivity index (χ1v) is 6.66. The first-order valence-electron chi connectivity index (χ1n) is 6.66. The zero-order valence-corrected chi connectivity index (χ0v) is 10.5. The second-order valence-electron chi connectivity index (χ2n) is 4.77. The number of nitriles is 1. The molecule has 1 heterocycles. The van der Waals surface area contributed by atoms with Crippen LogP contribution in [0.5, 0.6) is 0 Å². The molecule has 1 atom stereocenters. The second kappa shape index (κ2) is 8.55. The number of rotatable bonds is 7. The quantitative estimate of drug-likeness (QED) is 0.671. The summed E-state index contributed by atoms with van der Waals surface area (Å²) in [4.78, 5) is 2.54. The maximum atomic E-state index is 8.55. The summed E-state index contributed by atoms with van der Waals surface area (Å²) < 4.78 is 0. The number of nitrogens with zero attached hydrogens (tertiary/aromatic N) is 2. The lowest BCUT2D eigenvalue weighted by Gasteiger charge is -2.29. The van der Waals surface area contributed by atoms with Crippen molar-refractivity contribution in [2.45, 2.75) is 39.0 Å². The SMILES string of the molecule is CCCN(CCCC#N)CC1CCCNC1. The van der Waals surface area contributed by atoms with Gasteiger partial charge in [0.15, 0.2) is 0 Å². The highest BCUT2D eigenvalue weighted by Gasteiger charge is 2.16. The molecule has 1 saturated heterocycles. The molecule has 1 fully saturated rings. The molecular formula is C13H25N3. The monoisotopic (exact) mass is 223 g/mol. The minimum atomic E-state index is 0.698. The molecule has 3 heteroatoms. The topological polar surface area (TPSA) is 39.1 Å². The molecule has 16 heavy (non-hydrogen) atoms. The molecule has 0 radical (unpaired) electrons. The maximum absolute atomic E-state index is 8.55. The molecule has 0 spiro atoms. The second-order valence-corrected chi connectivity index (χ2v) is 4.77. The van der Waals surface area contributed by atoms with Crippen molar-refractivity contribution in [2.24, 2.45) is 5.92 Å². The highest BCUT2D eigenvalue weighted by molar-refractivity contribution is 4.75. The van der Waals surface area contributed by atoms with Gasteiger partial charge in [0.05, 0.1) is 6.07 Å². The summed E-state index contributed by atoms with van der Waals surface area (Å²) in [6.07, 6.45) is 5.63. The van der Waals surface area contributed by atoms with Crippen molar-refractivity contribution in [3.05, 3.63) is 0 Å². The molecule has 0 bridgehead atoms. The van der Waals surface area contributed by atoms with Crippen LogP contribution in [0, 0.1) is 17.2 Å². The Kier molecular flexibility index (Phi) is 7.20. The number of hydrogen-bond donors (Lipinski definition) is 1. The van der Waals surface area contributed by atoms with E-state index < -0.39 is 0 Å². The summed E-state index contributed by atoms with van der Waals surface area (Å²) >= 11 is 0. The molecule has 92 valence electrons. The van der Waals surface area contributed by atoms with Crippen molar-refractivity contribution >= 4 is 0 Å². The van der Waals surface area contributed by atoms with Crippen LogP contribution < -0.4 is 5.32 Å². The van der Waals surface area contributed by atoms with Crippen molar-refractivity contribution in [1.29, 1.82) is 5.26 Å². The maximum Gasteiger partial charge on any atom is 0.0622 e. The van der Waals surface area contributed by atoms with Gasteiger partial charge in [-0.1, -0.05) is 6.92 Å². The van der Waals surface area contributed by atoms with E-state index in [1.807, 2.05) is 0 Å². The highest BCUT2D eigenvalue weighted by Crippen LogP contribution is 2.12. The van der Waals surface area contributed by atoms with E-state index >= 15 is 0 Å². The Labute approximate surface area is 99.8 Å². The lowest BCUT2D eigenvalue weighted by molar-refractivity contribution is 0.207. The van der Waals surface area contributed by atoms with E-state index in [2.05, 4.69) is 23.2 Å². The molecule has 0 aromatic rings. The van der Waals surface area contributed by atoms with E-state index in [9.17, 15) is 0 Å². The van der Waals surface area contributed by atoms with Crippen LogP contribution in [0.1, 0.15) is 39.0 Å². The van der Waals surface area contributed by atoms with Crippen LogP contribution in [0.25, 0.3) is 0 Å². The smallest absolute Gasteiger partial charge is 0.0622 e. The van der Waals surface area contributed by atoms with E-state index in [1.165, 1.54) is 45.4 Å². The number of nitrogens with one attached hydrogen (secondary N) is 1. The Morgan fingerprint density at radius 1 is 1.44 bits per heavy atom. The van der Waals surface area contributed by atoms with E-state index in [0.29, 0.717) is 6.42 Å². The molecule has 1 aliphatic heterocycles. The summed E-state index contributed by atoms with van der Waals surface area (Å²) in [6, 6.07) is 2.23. The Morgan fingerprint density at radius 2 is 2.31 bits per heavy atom. The zero-order valence-electron chi connectivity index (χ0n) is 10.5. The number of piperidine rings is 1. The number of unbranched alkanes of at least 4 members (excludes halogenated alkanes) is 1. The van der Waals surface area contributed by atoms with E-state index in [0.717, 1.165) is 18.9 Å². The van der Waals surface area contributed by atoms with Crippen LogP contribution in [-0.2, 0) is 0 Å². The van der Waals surface area contributed by atoms with Gasteiger partial charge in [-0.3, -0.25) is 0 Å². The fourth-order valence-electron chi connectivity index (χ4n) is 2.44. The van der Waals surface area contributed by atoms with Crippen molar-refractivity contribution in [1.82, 2.24) is 10.2 Å². The molecule has 0 saturated carbocycles. The predicted molar refractivity (Wildman–Crippen MR) is 67.2 cm³/mol. The standard InChI is InChI=1S/C13H25N3/c1-2-9-16(10-4-3-7-14)12-13-6-5-8-15-11-13/h13,15H,2-6,8-12H2,1H3. The van der Waals surface area contributed by atoms with Gasteiger partial charge in [-0.05, 0) is 57.8 Å². The molecule has 1 N–H and O–H groups in total. The van der Waals surface area contributed by atoms with Gasteiger partial charge in [0.25, 0.3) is 0 Å². The average molecular weight is 223 g/mol. The average Bonchev–Trinajstić information content (AvgIpc) is 2.31. The van der Waals surface area contributed by atoms with Gasteiger partial charge >= 0.3 is 0 Å². The third-order valence-corrected chi connectivity index (χ3v) is 3.22. The van der Waals surface area contributed by atoms with Crippen LogP contribution in [-0.4, -0.2) is 37.6 Å². The van der Waals surface area contributed by atoms with E-state index in [1.54, 1.807) is 0 Å². The largest absolute Gasteiger partial charge is 0.316 e. The van der Waals surface area contributed by atoms with E-state index in [4.69, 9.17) is 5.26 Å². The lowest BCUT2D eigenvalue weighted by atomic mass is 9.99. The molecule has 1 aliphatic rings. The Hall–Kier alpha value is -0.590. The summed E-state index contributed by atoms with van der Waals surface area (Å²) in [6.45, 7) is 8.10. The normalized spacial score (nSPS) is 20.9. The van der Waals surface area contributed by atoms with Gasteiger partial charge < -0.3 is 10.2 Å². The lowest BCUT2D eigenvalue weighted by Crippen LogP contribution is -2.39. The van der Waals surface area contributed by atoms with Crippen molar-refractivity contribution in [2.75, 3.05) is 32.7 Å². The van der Waals surface area contributed by atoms with Crippen molar-refractivity contribution in [3.63, 3.8) is 0 Å². The summed E-state index contributed by atoms with van der Waals surface area (Å²) in [5.41, 5.74) is 0. The molecule has 0 aromatic heterocycles. The number of hydrogen-bond acceptors (Lipinski definition) is 3. The van der Waals surface area contributed by atoms with Crippen LogP contribution in [0.2, 0.25) is 0 Å². The fraction of sp³-hybridized carbons (Fsp3) is 0.923. The molecule has 1 rings (SSSR count).